The van der Waals surface area contributed by atoms with Crippen molar-refractivity contribution < 1.29 is 0 Å². The summed E-state index contributed by atoms with van der Waals surface area (Å²) in [5, 5.41) is 13.5. The molecule has 0 fully saturated rings. The van der Waals surface area contributed by atoms with Crippen molar-refractivity contribution >= 4 is 81.5 Å². The average molecular weight is 902 g/mol. The quantitative estimate of drug-likeness (QED) is 0.0869. The summed E-state index contributed by atoms with van der Waals surface area (Å²) < 4.78 is 0. The molecule has 4 N–H and O–H groups in total. The van der Waals surface area contributed by atoms with Gasteiger partial charge in [0.05, 0.1) is 44.1 Å². The number of fused-ring (bicyclic) bond motifs is 6. The highest BCUT2D eigenvalue weighted by Gasteiger charge is 2.21. The van der Waals surface area contributed by atoms with Crippen LogP contribution in [0.4, 0.5) is 34.6 Å². The Balaban J connectivity index is 0.000000206. The summed E-state index contributed by atoms with van der Waals surface area (Å²) in [6.45, 7) is 10.3. The number of rotatable bonds is 12. The maximum absolute atomic E-state index is 5.51. The largest absolute Gasteiger partial charge is 0.349 e. The fourth-order valence-corrected chi connectivity index (χ4v) is 7.98. The van der Waals surface area contributed by atoms with Crippen LogP contribution >= 0.6 is 36.8 Å². The van der Waals surface area contributed by atoms with Crippen molar-refractivity contribution in [2.45, 2.75) is 66.2 Å². The van der Waals surface area contributed by atoms with Gasteiger partial charge in [-0.15, -0.1) is 12.4 Å². The van der Waals surface area contributed by atoms with Gasteiger partial charge in [-0.2, -0.15) is 0 Å². The van der Waals surface area contributed by atoms with Crippen molar-refractivity contribution in [3.8, 4) is 22.5 Å². The van der Waals surface area contributed by atoms with Gasteiger partial charge in [0.25, 0.3) is 0 Å². The molecule has 12 nitrogen and oxygen atoms in total. The van der Waals surface area contributed by atoms with E-state index in [0.29, 0.717) is 24.7 Å². The van der Waals surface area contributed by atoms with Gasteiger partial charge in [0.15, 0.2) is 0 Å². The predicted octanol–water partition coefficient (Wildman–Crippen LogP) is 9.80. The molecule has 63 heavy (non-hydrogen) atoms. The second-order valence-electron chi connectivity index (χ2n) is 16.7. The summed E-state index contributed by atoms with van der Waals surface area (Å²) in [5.41, 5.74) is 16.4. The fourth-order valence-electron chi connectivity index (χ4n) is 7.45. The van der Waals surface area contributed by atoms with Crippen LogP contribution in [0.1, 0.15) is 57.6 Å². The van der Waals surface area contributed by atoms with Crippen LogP contribution in [0, 0.1) is 27.7 Å². The zero-order valence-corrected chi connectivity index (χ0v) is 39.8. The third-order valence-corrected chi connectivity index (χ3v) is 11.3. The monoisotopic (exact) mass is 900 g/mol. The third-order valence-electron chi connectivity index (χ3n) is 10.8. The molecule has 0 saturated heterocycles. The molecule has 0 unspecified atom stereocenters. The van der Waals surface area contributed by atoms with Gasteiger partial charge < -0.3 is 31.1 Å². The van der Waals surface area contributed by atoms with Gasteiger partial charge in [0.1, 0.15) is 0 Å². The van der Waals surface area contributed by atoms with Gasteiger partial charge in [-0.1, -0.05) is 48.7 Å². The number of benzene rings is 2. The minimum absolute atomic E-state index is 0. The van der Waals surface area contributed by atoms with Crippen molar-refractivity contribution in [2.75, 3.05) is 62.5 Å². The Morgan fingerprint density at radius 1 is 0.571 bits per heavy atom. The van der Waals surface area contributed by atoms with Gasteiger partial charge in [-0.3, -0.25) is 9.97 Å². The number of aryl methyl sites for hydroxylation is 6. The van der Waals surface area contributed by atoms with E-state index in [1.54, 1.807) is 0 Å². The number of hydrogen-bond donors (Lipinski definition) is 4. The van der Waals surface area contributed by atoms with E-state index in [1.807, 2.05) is 38.6 Å². The summed E-state index contributed by atoms with van der Waals surface area (Å²) in [5.74, 6) is 1.13. The van der Waals surface area contributed by atoms with Crippen molar-refractivity contribution in [3.05, 3.63) is 118 Å². The molecule has 8 rings (SSSR count). The van der Waals surface area contributed by atoms with Crippen LogP contribution in [0.2, 0.25) is 0 Å². The summed E-state index contributed by atoms with van der Waals surface area (Å²) in [7, 11) is 8.38. The van der Waals surface area contributed by atoms with E-state index < -0.39 is 0 Å². The molecule has 6 heterocycles. The van der Waals surface area contributed by atoms with Gasteiger partial charge in [0, 0.05) is 71.3 Å². The number of thiocarbonyl (C=S) groups is 2. The standard InChI is InChI=1S/2C24H28N6S.ClH/c2*1-15-7-8-19-21(10-15)27-22(31)12-18-14-26-24(29-23(18)19)28-20-11-17(13-25-16(20)2)6-5-9-30(3)4;/h2*7-8,10-11,13-14H,5-6,9,12H2,1-4H3,(H,27,31)(H,26,28,29);1H. The molecule has 4 aromatic heterocycles. The second kappa shape index (κ2) is 21.2. The van der Waals surface area contributed by atoms with Crippen LogP contribution in [0.3, 0.4) is 0 Å². The first kappa shape index (κ1) is 47.0. The fraction of sp³-hybridized carbons (Fsp3) is 0.333. The first-order chi connectivity index (χ1) is 29.8. The van der Waals surface area contributed by atoms with Crippen molar-refractivity contribution in [1.29, 1.82) is 0 Å². The van der Waals surface area contributed by atoms with Gasteiger partial charge in [0.2, 0.25) is 11.9 Å². The normalized spacial score (nSPS) is 12.5. The first-order valence-corrected chi connectivity index (χ1v) is 21.9. The van der Waals surface area contributed by atoms with Gasteiger partial charge in [-0.05, 0) is 141 Å². The molecule has 0 atom stereocenters. The molecule has 0 bridgehead atoms. The van der Waals surface area contributed by atoms with Gasteiger partial charge >= 0.3 is 0 Å². The summed E-state index contributed by atoms with van der Waals surface area (Å²) in [4.78, 5) is 34.0. The number of anilines is 6. The van der Waals surface area contributed by atoms with Crippen molar-refractivity contribution in [2.24, 2.45) is 0 Å². The van der Waals surface area contributed by atoms with Crippen LogP contribution in [0.25, 0.3) is 22.5 Å². The number of hydrogen-bond acceptors (Lipinski definition) is 12. The molecular formula is C48H57ClN12S2. The Labute approximate surface area is 388 Å². The maximum Gasteiger partial charge on any atom is 0.227 e. The van der Waals surface area contributed by atoms with E-state index in [4.69, 9.17) is 34.4 Å². The molecule has 0 saturated carbocycles. The first-order valence-electron chi connectivity index (χ1n) is 21.1. The van der Waals surface area contributed by atoms with E-state index in [2.05, 4.69) is 142 Å². The molecule has 328 valence electrons. The van der Waals surface area contributed by atoms with Crippen LogP contribution in [-0.2, 0) is 25.7 Å². The molecule has 15 heteroatoms. The highest BCUT2D eigenvalue weighted by molar-refractivity contribution is 7.80. The lowest BCUT2D eigenvalue weighted by molar-refractivity contribution is 0.400. The Hall–Kier alpha value is -5.51. The number of halogens is 1. The Bertz CT molecular complexity index is 2440. The summed E-state index contributed by atoms with van der Waals surface area (Å²) in [6.07, 6.45) is 13.1. The maximum atomic E-state index is 5.51. The van der Waals surface area contributed by atoms with Crippen LogP contribution < -0.4 is 21.3 Å². The van der Waals surface area contributed by atoms with E-state index in [9.17, 15) is 0 Å². The van der Waals surface area contributed by atoms with Crippen LogP contribution in [0.15, 0.2) is 73.3 Å². The third kappa shape index (κ3) is 12.4. The molecule has 2 aliphatic heterocycles. The lowest BCUT2D eigenvalue weighted by Gasteiger charge is -2.13. The Morgan fingerprint density at radius 3 is 1.38 bits per heavy atom. The van der Waals surface area contributed by atoms with Gasteiger partial charge in [-0.25, -0.2) is 19.9 Å². The van der Waals surface area contributed by atoms with Crippen LogP contribution in [-0.4, -0.2) is 91.0 Å². The summed E-state index contributed by atoms with van der Waals surface area (Å²) in [6, 6.07) is 16.9. The molecule has 0 aliphatic carbocycles. The predicted molar refractivity (Wildman–Crippen MR) is 270 cm³/mol. The number of nitrogens with one attached hydrogen (secondary N) is 4. The lowest BCUT2D eigenvalue weighted by atomic mass is 10.0. The van der Waals surface area contributed by atoms with Crippen molar-refractivity contribution in [3.63, 3.8) is 0 Å². The Kier molecular flexibility index (Phi) is 15.8. The zero-order valence-electron chi connectivity index (χ0n) is 37.4. The summed E-state index contributed by atoms with van der Waals surface area (Å²) >= 11 is 11.0. The Morgan fingerprint density at radius 2 is 0.984 bits per heavy atom. The van der Waals surface area contributed by atoms with E-state index >= 15 is 0 Å². The number of nitrogens with zero attached hydrogens (tertiary/aromatic N) is 8. The molecular weight excluding hydrogens is 844 g/mol. The molecule has 2 aromatic carbocycles. The minimum Gasteiger partial charge on any atom is -0.349 e. The highest BCUT2D eigenvalue weighted by Crippen LogP contribution is 2.36. The number of pyridine rings is 2. The molecule has 0 spiro atoms. The lowest BCUT2D eigenvalue weighted by Crippen LogP contribution is -2.13. The smallest absolute Gasteiger partial charge is 0.227 e. The number of aromatic nitrogens is 6. The van der Waals surface area contributed by atoms with E-state index in [-0.39, 0.29) is 12.4 Å². The zero-order chi connectivity index (χ0) is 43.9. The van der Waals surface area contributed by atoms with Crippen molar-refractivity contribution in [1.82, 2.24) is 39.7 Å². The molecule has 0 amide bonds. The average Bonchev–Trinajstić information content (AvgIpc) is 3.44. The SMILES string of the molecule is Cc1ccc2c(c1)NC(=S)Cc1cnc(Nc3cc(CCCN(C)C)cnc3C)nc1-2.Cc1ccc2c(c1)NC(=S)Cc1cnc(Nc3cc(CCCN(C)C)cnc3C)nc1-2.Cl. The second-order valence-corrected chi connectivity index (χ2v) is 17.7. The topological polar surface area (TPSA) is 132 Å². The van der Waals surface area contributed by atoms with E-state index in [1.165, 1.54) is 22.3 Å². The molecule has 0 radical (unpaired) electrons. The highest BCUT2D eigenvalue weighted by atomic mass is 35.5. The minimum atomic E-state index is 0. The van der Waals surface area contributed by atoms with E-state index in [0.717, 1.165) is 117 Å². The van der Waals surface area contributed by atoms with Crippen LogP contribution in [0.5, 0.6) is 0 Å². The molecule has 6 aromatic rings. The molecule has 2 aliphatic rings.